The summed E-state index contributed by atoms with van der Waals surface area (Å²) in [4.78, 5) is 30.4. The second-order valence-corrected chi connectivity index (χ2v) is 17.8. The first kappa shape index (κ1) is 58.3. The van der Waals surface area contributed by atoms with E-state index in [2.05, 4.69) is 6.58 Å². The highest BCUT2D eigenvalue weighted by molar-refractivity contribution is 6.31. The van der Waals surface area contributed by atoms with Crippen molar-refractivity contribution in [2.45, 2.75) is 62.6 Å². The van der Waals surface area contributed by atoms with Crippen LogP contribution in [-0.4, -0.2) is 161 Å². The molecule has 0 fully saturated rings. The minimum absolute atomic E-state index is 0. The first-order chi connectivity index (χ1) is 34.8. The van der Waals surface area contributed by atoms with Crippen molar-refractivity contribution in [2.75, 3.05) is 85.8 Å². The van der Waals surface area contributed by atoms with Crippen LogP contribution < -0.4 is 15.2 Å². The van der Waals surface area contributed by atoms with Gasteiger partial charge in [0, 0.05) is 62.3 Å². The molecule has 22 heteroatoms. The molecule has 21 nitrogen and oxygen atoms in total. The molecule has 4 unspecified atom stereocenters. The number of aliphatic carboxylic acids is 1. The van der Waals surface area contributed by atoms with Gasteiger partial charge in [0.2, 0.25) is 17.3 Å². The fourth-order valence-electron chi connectivity index (χ4n) is 9.24. The zero-order valence-electron chi connectivity index (χ0n) is 41.0. The van der Waals surface area contributed by atoms with Crippen molar-refractivity contribution in [1.82, 2.24) is 0 Å². The highest BCUT2D eigenvalue weighted by Gasteiger charge is 2.54. The number of halogens is 1. The van der Waals surface area contributed by atoms with E-state index in [1.54, 1.807) is 19.1 Å². The molecule has 2 aliphatic carbocycles. The molecular formula is C52H64ClNO20. The van der Waals surface area contributed by atoms with Gasteiger partial charge in [-0.25, -0.2) is 4.79 Å². The Morgan fingerprint density at radius 1 is 0.581 bits per heavy atom. The van der Waals surface area contributed by atoms with E-state index >= 15 is 0 Å². The van der Waals surface area contributed by atoms with Gasteiger partial charge in [-0.2, -0.15) is 0 Å². The van der Waals surface area contributed by atoms with Crippen molar-refractivity contribution in [2.24, 2.45) is 5.73 Å². The summed E-state index contributed by atoms with van der Waals surface area (Å²) < 4.78 is 46.3. The first-order valence-electron chi connectivity index (χ1n) is 23.5. The summed E-state index contributed by atoms with van der Waals surface area (Å²) in [6.45, 7) is 10.9. The molecule has 4 aromatic carbocycles. The topological polar surface area (TPSA) is 333 Å². The van der Waals surface area contributed by atoms with Crippen LogP contribution in [0.3, 0.4) is 0 Å². The number of allylic oxidation sites excluding steroid dienone is 1. The maximum atomic E-state index is 11.5. The number of hydrogen-bond acceptors (Lipinski definition) is 20. The molecule has 74 heavy (non-hydrogen) atoms. The summed E-state index contributed by atoms with van der Waals surface area (Å²) in [6.07, 6.45) is 1.93. The summed E-state index contributed by atoms with van der Waals surface area (Å²) in [5.41, 5.74) is 8.71. The van der Waals surface area contributed by atoms with E-state index < -0.39 is 23.0 Å². The van der Waals surface area contributed by atoms with Gasteiger partial charge in [0.15, 0.2) is 51.8 Å². The minimum atomic E-state index is -1.38. The summed E-state index contributed by atoms with van der Waals surface area (Å²) in [7, 11) is 0. The van der Waals surface area contributed by atoms with Gasteiger partial charge in [-0.15, -0.1) is 12.4 Å². The summed E-state index contributed by atoms with van der Waals surface area (Å²) >= 11 is 0. The molecule has 0 spiro atoms. The van der Waals surface area contributed by atoms with Crippen LogP contribution in [0.4, 0.5) is 0 Å². The number of phenolic OH excluding ortho intramolecular Hbond substituents is 8. The van der Waals surface area contributed by atoms with Crippen LogP contribution in [-0.2, 0) is 55.6 Å². The summed E-state index contributed by atoms with van der Waals surface area (Å²) in [5, 5.41) is 88.3. The van der Waals surface area contributed by atoms with Gasteiger partial charge >= 0.3 is 5.97 Å². The highest BCUT2D eigenvalue weighted by Crippen LogP contribution is 2.58. The molecule has 4 aromatic rings. The lowest BCUT2D eigenvalue weighted by Gasteiger charge is -2.40. The minimum Gasteiger partial charge on any atom is -0.504 e. The highest BCUT2D eigenvalue weighted by atomic mass is 35.5. The van der Waals surface area contributed by atoms with Crippen LogP contribution in [0.25, 0.3) is 0 Å². The molecule has 2 heterocycles. The molecule has 4 aliphatic rings. The number of nitrogens with two attached hydrogens (primary N) is 1. The molecule has 0 aromatic heterocycles. The summed E-state index contributed by atoms with van der Waals surface area (Å²) in [6, 6.07) is 12.2. The molecule has 0 bridgehead atoms. The second kappa shape index (κ2) is 26.1. The van der Waals surface area contributed by atoms with Crippen molar-refractivity contribution in [3.05, 3.63) is 94.1 Å². The third kappa shape index (κ3) is 13.4. The van der Waals surface area contributed by atoms with Gasteiger partial charge in [-0.3, -0.25) is 9.59 Å². The fourth-order valence-corrected chi connectivity index (χ4v) is 9.24. The van der Waals surface area contributed by atoms with E-state index in [1.165, 1.54) is 36.4 Å². The van der Waals surface area contributed by atoms with Crippen molar-refractivity contribution in [3.63, 3.8) is 0 Å². The number of Topliss-reactive ketones (excluding diaryl/α,β-unsaturated/α-hetero) is 2. The predicted molar refractivity (Wildman–Crippen MR) is 265 cm³/mol. The number of rotatable bonds is 22. The van der Waals surface area contributed by atoms with E-state index in [0.29, 0.717) is 108 Å². The van der Waals surface area contributed by atoms with Crippen LogP contribution in [0, 0.1) is 0 Å². The van der Waals surface area contributed by atoms with Crippen LogP contribution in [0.15, 0.2) is 60.7 Å². The molecule has 2 aliphatic heterocycles. The standard InChI is InChI=1S/C27H32O9.C22H27NO8.C3H4O3.ClH/c1-16(2)20(28)4-3-7-33-8-9-34-10-11-36-27-14-17-12-22(30)23(31)13-19(17)24(27)18-5-6-21(29)25(32)26(18)35-15-27;23-3-4-28-5-6-29-7-8-31-22-11-13-9-17(25)18(26)10-15(13)19(22)14-1-2-16(24)20(27)21(14)30-12-22;1-2(4)3(5)6;/h5-6,12-13,24,29-32H,1,3-4,7-11,14-15H2,2H3;1-2,9-10,19,24-27H,3-8,11-12,23H2;1H3,(H,5,6);1H. The quantitative estimate of drug-likeness (QED) is 0.0220. The molecule has 8 rings (SSSR count). The Bertz CT molecular complexity index is 2630. The number of carbonyl (C=O) groups excluding carboxylic acids is 2. The Morgan fingerprint density at radius 3 is 1.35 bits per heavy atom. The van der Waals surface area contributed by atoms with Gasteiger partial charge in [0.25, 0.3) is 0 Å². The maximum absolute atomic E-state index is 11.5. The van der Waals surface area contributed by atoms with Crippen molar-refractivity contribution in [1.29, 1.82) is 0 Å². The number of carboxylic acids is 1. The third-order valence-corrected chi connectivity index (χ3v) is 12.7. The lowest BCUT2D eigenvalue weighted by Crippen LogP contribution is -2.47. The lowest BCUT2D eigenvalue weighted by atomic mass is 9.80. The number of aromatic hydroxyl groups is 8. The predicted octanol–water partition coefficient (Wildman–Crippen LogP) is 4.72. The Kier molecular flexibility index (Phi) is 20.6. The van der Waals surface area contributed by atoms with Crippen LogP contribution >= 0.6 is 12.4 Å². The van der Waals surface area contributed by atoms with Gasteiger partial charge in [0.05, 0.1) is 59.5 Å². The van der Waals surface area contributed by atoms with Crippen molar-refractivity contribution < 1.29 is 98.2 Å². The number of carboxylic acid groups (broad SMARTS) is 1. The van der Waals surface area contributed by atoms with Gasteiger partial charge in [-0.1, -0.05) is 18.7 Å². The van der Waals surface area contributed by atoms with Gasteiger partial charge in [0.1, 0.15) is 24.4 Å². The molecule has 404 valence electrons. The number of fused-ring (bicyclic) bond motifs is 10. The number of phenols is 8. The molecule has 4 atom stereocenters. The van der Waals surface area contributed by atoms with Crippen molar-refractivity contribution in [3.8, 4) is 57.5 Å². The largest absolute Gasteiger partial charge is 0.504 e. The van der Waals surface area contributed by atoms with Gasteiger partial charge in [-0.05, 0) is 77.6 Å². The average Bonchev–Trinajstić information content (AvgIpc) is 3.84. The van der Waals surface area contributed by atoms with E-state index in [0.717, 1.165) is 29.2 Å². The Labute approximate surface area is 432 Å². The second-order valence-electron chi connectivity index (χ2n) is 17.8. The Morgan fingerprint density at radius 2 is 0.959 bits per heavy atom. The normalized spacial score (nSPS) is 19.1. The SMILES string of the molecule is C=C(C)C(=O)CCCOCCOCCOC12COc3c(ccc(O)c3O)C1c1cc(O)c(O)cc1C2.CC(=O)C(=O)O.Cl.NCCOCCOCCOC12COc3c(ccc(O)c3O)C1c1cc(O)c(O)cc1C2. The van der Waals surface area contributed by atoms with Crippen LogP contribution in [0.5, 0.6) is 57.5 Å². The summed E-state index contributed by atoms with van der Waals surface area (Å²) in [5.74, 6) is -4.67. The van der Waals surface area contributed by atoms with E-state index in [4.69, 9.17) is 48.7 Å². The zero-order valence-corrected chi connectivity index (χ0v) is 41.8. The average molecular weight is 1060 g/mol. The van der Waals surface area contributed by atoms with Crippen LogP contribution in [0.1, 0.15) is 71.9 Å². The van der Waals surface area contributed by atoms with Crippen LogP contribution in [0.2, 0.25) is 0 Å². The smallest absolute Gasteiger partial charge is 0.371 e. The molecule has 0 saturated carbocycles. The molecular weight excluding hydrogens is 994 g/mol. The number of ketones is 2. The van der Waals surface area contributed by atoms with E-state index in [9.17, 15) is 55.2 Å². The third-order valence-electron chi connectivity index (χ3n) is 12.7. The zero-order chi connectivity index (χ0) is 53.0. The Hall–Kier alpha value is -6.56. The van der Waals surface area contributed by atoms with E-state index in [1.807, 2.05) is 0 Å². The molecule has 0 saturated heterocycles. The number of benzene rings is 4. The molecule has 0 radical (unpaired) electrons. The lowest BCUT2D eigenvalue weighted by molar-refractivity contribution is -0.148. The molecule has 0 amide bonds. The fraction of sp³-hybridized carbons (Fsp3) is 0.442. The van der Waals surface area contributed by atoms with Gasteiger partial charge < -0.3 is 89.6 Å². The number of hydrogen-bond donors (Lipinski definition) is 10. The first-order valence-corrected chi connectivity index (χ1v) is 23.5. The number of carbonyl (C=O) groups is 3. The maximum Gasteiger partial charge on any atom is 0.371 e. The monoisotopic (exact) mass is 1060 g/mol. The van der Waals surface area contributed by atoms with Crippen molar-refractivity contribution >= 4 is 29.9 Å². The number of ether oxygens (including phenoxy) is 8. The molecule has 11 N–H and O–H groups in total. The Balaban J connectivity index is 0.000000246. The van der Waals surface area contributed by atoms with E-state index in [-0.39, 0.29) is 107 Å².